The summed E-state index contributed by atoms with van der Waals surface area (Å²) in [7, 11) is 0. The summed E-state index contributed by atoms with van der Waals surface area (Å²) in [6.45, 7) is 5.61. The smallest absolute Gasteiger partial charge is 0.411 e. The number of carbonyl (C=O) groups is 1. The lowest BCUT2D eigenvalue weighted by Crippen LogP contribution is -2.41. The molecular weight excluding hydrogens is 458 g/mol. The lowest BCUT2D eigenvalue weighted by molar-refractivity contribution is 0.130. The maximum absolute atomic E-state index is 12.0. The fourth-order valence-electron chi connectivity index (χ4n) is 4.65. The SMILES string of the molecule is CC(C)OC(=O)Nc1ccc(C2C(C#N)c3ccc(OCCN4NC=NN4)cc3N2CC2CC2)cc1. The Hall–Kier alpha value is -3.97. The minimum absolute atomic E-state index is 0.104. The molecular formula is C26H31N7O3. The van der Waals surface area contributed by atoms with Crippen molar-refractivity contribution in [3.8, 4) is 11.8 Å². The highest BCUT2D eigenvalue weighted by atomic mass is 16.6. The van der Waals surface area contributed by atoms with Crippen molar-refractivity contribution in [1.29, 1.82) is 5.26 Å². The monoisotopic (exact) mass is 489 g/mol. The third-order valence-electron chi connectivity index (χ3n) is 6.47. The van der Waals surface area contributed by atoms with Crippen molar-refractivity contribution in [2.75, 3.05) is 29.9 Å². The Morgan fingerprint density at radius 2 is 2.06 bits per heavy atom. The van der Waals surface area contributed by atoms with Crippen LogP contribution in [0, 0.1) is 17.2 Å². The summed E-state index contributed by atoms with van der Waals surface area (Å²) in [5.41, 5.74) is 9.55. The number of benzene rings is 2. The van der Waals surface area contributed by atoms with Crippen LogP contribution >= 0.6 is 0 Å². The maximum Gasteiger partial charge on any atom is 0.411 e. The van der Waals surface area contributed by atoms with Gasteiger partial charge in [-0.25, -0.2) is 10.3 Å². The summed E-state index contributed by atoms with van der Waals surface area (Å²) in [4.78, 5) is 14.3. The van der Waals surface area contributed by atoms with Crippen LogP contribution in [-0.4, -0.2) is 43.4 Å². The number of hydrogen-bond donors (Lipinski definition) is 3. The van der Waals surface area contributed by atoms with E-state index in [1.54, 1.807) is 11.5 Å². The van der Waals surface area contributed by atoms with E-state index in [-0.39, 0.29) is 18.1 Å². The van der Waals surface area contributed by atoms with Gasteiger partial charge in [-0.15, -0.1) is 5.12 Å². The van der Waals surface area contributed by atoms with Crippen molar-refractivity contribution in [3.05, 3.63) is 53.6 Å². The van der Waals surface area contributed by atoms with E-state index in [4.69, 9.17) is 9.47 Å². The van der Waals surface area contributed by atoms with Gasteiger partial charge in [0.1, 0.15) is 18.7 Å². The number of anilines is 2. The third-order valence-corrected chi connectivity index (χ3v) is 6.47. The quantitative estimate of drug-likeness (QED) is 0.486. The summed E-state index contributed by atoms with van der Waals surface area (Å²) in [5.74, 6) is 1.12. The van der Waals surface area contributed by atoms with Crippen molar-refractivity contribution < 1.29 is 14.3 Å². The first-order valence-corrected chi connectivity index (χ1v) is 12.3. The van der Waals surface area contributed by atoms with E-state index >= 15 is 0 Å². The van der Waals surface area contributed by atoms with Crippen molar-refractivity contribution in [2.45, 2.75) is 44.8 Å². The molecule has 1 fully saturated rings. The molecule has 10 heteroatoms. The molecule has 1 aliphatic carbocycles. The second-order valence-corrected chi connectivity index (χ2v) is 9.56. The number of hydrogen-bond acceptors (Lipinski definition) is 9. The zero-order valence-electron chi connectivity index (χ0n) is 20.5. The average Bonchev–Trinajstić information content (AvgIpc) is 3.42. The molecule has 2 atom stereocenters. The number of hydrazine groups is 2. The highest BCUT2D eigenvalue weighted by Crippen LogP contribution is 2.51. The third kappa shape index (κ3) is 5.31. The normalized spacial score (nSPS) is 20.4. The fourth-order valence-corrected chi connectivity index (χ4v) is 4.65. The van der Waals surface area contributed by atoms with Crippen molar-refractivity contribution >= 4 is 23.8 Å². The van der Waals surface area contributed by atoms with E-state index < -0.39 is 6.09 Å². The van der Waals surface area contributed by atoms with Crippen molar-refractivity contribution in [2.24, 2.45) is 11.0 Å². The Morgan fingerprint density at radius 3 is 2.72 bits per heavy atom. The molecule has 0 radical (unpaired) electrons. The molecule has 3 aliphatic rings. The van der Waals surface area contributed by atoms with Gasteiger partial charge in [0.05, 0.1) is 30.7 Å². The van der Waals surface area contributed by atoms with E-state index in [0.717, 1.165) is 29.1 Å². The van der Waals surface area contributed by atoms with Crippen LogP contribution in [0.15, 0.2) is 47.6 Å². The first-order valence-electron chi connectivity index (χ1n) is 12.3. The second kappa shape index (κ2) is 10.3. The zero-order valence-corrected chi connectivity index (χ0v) is 20.5. The molecule has 0 saturated heterocycles. The number of nitrogens with one attached hydrogen (secondary N) is 3. The van der Waals surface area contributed by atoms with E-state index in [2.05, 4.69) is 38.4 Å². The molecule has 0 spiro atoms. The predicted octanol–water partition coefficient (Wildman–Crippen LogP) is 3.87. The molecule has 1 amide bonds. The van der Waals surface area contributed by atoms with Crippen LogP contribution in [0.2, 0.25) is 0 Å². The molecule has 2 heterocycles. The number of ether oxygens (including phenoxy) is 2. The molecule has 1 saturated carbocycles. The zero-order chi connectivity index (χ0) is 25.1. The minimum atomic E-state index is -0.479. The molecule has 10 nitrogen and oxygen atoms in total. The van der Waals surface area contributed by atoms with Gasteiger partial charge in [-0.2, -0.15) is 10.4 Å². The van der Waals surface area contributed by atoms with Gasteiger partial charge < -0.3 is 14.4 Å². The molecule has 2 aliphatic heterocycles. The van der Waals surface area contributed by atoms with E-state index in [9.17, 15) is 10.1 Å². The summed E-state index contributed by atoms with van der Waals surface area (Å²) in [6, 6.07) is 16.2. The van der Waals surface area contributed by atoms with Crippen LogP contribution in [0.4, 0.5) is 16.2 Å². The van der Waals surface area contributed by atoms with Gasteiger partial charge in [0.2, 0.25) is 0 Å². The van der Waals surface area contributed by atoms with Crippen LogP contribution in [-0.2, 0) is 4.74 Å². The first kappa shape index (κ1) is 23.8. The molecule has 3 N–H and O–H groups in total. The molecule has 5 rings (SSSR count). The second-order valence-electron chi connectivity index (χ2n) is 9.56. The highest BCUT2D eigenvalue weighted by Gasteiger charge is 2.42. The Bertz CT molecular complexity index is 1150. The first-order chi connectivity index (χ1) is 17.5. The number of nitriles is 1. The van der Waals surface area contributed by atoms with Crippen LogP contribution in [0.25, 0.3) is 0 Å². The van der Waals surface area contributed by atoms with Crippen molar-refractivity contribution in [3.63, 3.8) is 0 Å². The standard InChI is InChI=1S/C26H31N7O3/c1-17(2)36-26(34)30-20-7-5-19(6-8-20)25-23(14-27)22-10-9-21(35-12-11-33-29-16-28-31-33)13-24(22)32(25)15-18-3-4-18/h5-10,13,16-18,23,25,31H,3-4,11-12,15H2,1-2H3,(H,28,29)(H,30,34). The van der Waals surface area contributed by atoms with Gasteiger partial charge in [0.25, 0.3) is 0 Å². The number of carbonyl (C=O) groups excluding carboxylic acids is 1. The number of rotatable bonds is 9. The Kier molecular flexibility index (Phi) is 6.82. The lowest BCUT2D eigenvalue weighted by Gasteiger charge is -2.29. The number of fused-ring (bicyclic) bond motifs is 1. The number of amides is 1. The molecule has 188 valence electrons. The van der Waals surface area contributed by atoms with Gasteiger partial charge in [0, 0.05) is 24.0 Å². The molecule has 36 heavy (non-hydrogen) atoms. The number of nitrogens with zero attached hydrogens (tertiary/aromatic N) is 4. The van der Waals surface area contributed by atoms with Gasteiger partial charge >= 0.3 is 6.09 Å². The van der Waals surface area contributed by atoms with Crippen LogP contribution in [0.1, 0.15) is 49.8 Å². The Balaban J connectivity index is 1.34. The molecule has 2 unspecified atom stereocenters. The van der Waals surface area contributed by atoms with Gasteiger partial charge in [0.15, 0.2) is 0 Å². The largest absolute Gasteiger partial charge is 0.492 e. The maximum atomic E-state index is 12.0. The van der Waals surface area contributed by atoms with Gasteiger partial charge in [-0.3, -0.25) is 10.7 Å². The van der Waals surface area contributed by atoms with Gasteiger partial charge in [-0.05, 0) is 61.9 Å². The summed E-state index contributed by atoms with van der Waals surface area (Å²) in [6.07, 6.45) is 3.33. The molecule has 2 aromatic rings. The average molecular weight is 490 g/mol. The number of hydrazone groups is 1. The topological polar surface area (TPSA) is 114 Å². The molecule has 2 aromatic carbocycles. The van der Waals surface area contributed by atoms with Gasteiger partial charge in [-0.1, -0.05) is 18.2 Å². The van der Waals surface area contributed by atoms with E-state index in [1.165, 1.54) is 12.8 Å². The van der Waals surface area contributed by atoms with Crippen LogP contribution < -0.4 is 25.9 Å². The van der Waals surface area contributed by atoms with Crippen molar-refractivity contribution in [1.82, 2.24) is 16.1 Å². The lowest BCUT2D eigenvalue weighted by atomic mass is 9.91. The van der Waals surface area contributed by atoms with Crippen LogP contribution in [0.3, 0.4) is 0 Å². The summed E-state index contributed by atoms with van der Waals surface area (Å²) in [5, 5.41) is 18.6. The highest BCUT2D eigenvalue weighted by molar-refractivity contribution is 5.84. The predicted molar refractivity (Wildman–Crippen MR) is 136 cm³/mol. The molecule has 0 aromatic heterocycles. The van der Waals surface area contributed by atoms with E-state index in [0.29, 0.717) is 24.8 Å². The Morgan fingerprint density at radius 1 is 1.25 bits per heavy atom. The fraction of sp³-hybridized carbons (Fsp3) is 0.423. The minimum Gasteiger partial charge on any atom is -0.492 e. The summed E-state index contributed by atoms with van der Waals surface area (Å²) < 4.78 is 11.2. The Labute approximate surface area is 210 Å². The molecule has 0 bridgehead atoms. The van der Waals surface area contributed by atoms with E-state index in [1.807, 2.05) is 50.2 Å². The van der Waals surface area contributed by atoms with Crippen LogP contribution in [0.5, 0.6) is 5.75 Å². The summed E-state index contributed by atoms with van der Waals surface area (Å²) >= 11 is 0.